The van der Waals surface area contributed by atoms with Gasteiger partial charge in [0, 0.05) is 27.1 Å². The Hall–Kier alpha value is -5.29. The largest absolute Gasteiger partial charge is 0.456 e. The average Bonchev–Trinajstić information content (AvgIpc) is 3.73. The van der Waals surface area contributed by atoms with Crippen molar-refractivity contribution in [1.82, 2.24) is 4.57 Å². The summed E-state index contributed by atoms with van der Waals surface area (Å²) in [6.45, 7) is 0.0740. The molecule has 0 aliphatic carbocycles. The second-order valence-electron chi connectivity index (χ2n) is 13.0. The number of hydrogen-bond donors (Lipinski definition) is 1. The van der Waals surface area contributed by atoms with E-state index in [9.17, 15) is 0 Å². The van der Waals surface area contributed by atoms with Crippen LogP contribution in [0.4, 0.5) is 0 Å². The van der Waals surface area contributed by atoms with Crippen LogP contribution in [0.25, 0.3) is 54.9 Å². The van der Waals surface area contributed by atoms with Gasteiger partial charge in [0.25, 0.3) is 0 Å². The van der Waals surface area contributed by atoms with E-state index in [4.69, 9.17) is 98.6 Å². The van der Waals surface area contributed by atoms with Crippen molar-refractivity contribution in [3.63, 3.8) is 0 Å². The maximum atomic E-state index is 6.86. The number of rotatable bonds is 4. The summed E-state index contributed by atoms with van der Waals surface area (Å²) in [5, 5.41) is 3.53. The van der Waals surface area contributed by atoms with Gasteiger partial charge in [-0.1, -0.05) is 76.4 Å². The molecule has 0 atom stereocenters. The Kier molecular flexibility index (Phi) is 8.95. The van der Waals surface area contributed by atoms with E-state index in [0.29, 0.717) is 22.3 Å². The van der Waals surface area contributed by atoms with E-state index in [2.05, 4.69) is 0 Å². The summed E-state index contributed by atoms with van der Waals surface area (Å²) < 4.78 is 8.11. The monoisotopic (exact) mass is 668 g/mol. The van der Waals surface area contributed by atoms with Crippen molar-refractivity contribution in [2.75, 3.05) is 0 Å². The number of benzene rings is 6. The highest BCUT2D eigenvalue weighted by Gasteiger charge is 2.20. The SMILES string of the molecule is [B]c1c([B])c([B])c(C(=NCc2cccc3oc4ccc(-c5c([B])c([B])c([B])c([B])c5[B])cc4c23)N=C(N)n2c3ccccc3c3ccccc32)c([B])c1[B]. The molecule has 5 nitrogen and oxygen atoms in total. The van der Waals surface area contributed by atoms with Crippen LogP contribution in [-0.4, -0.2) is 94.8 Å². The number of hydrogen-bond acceptors (Lipinski definition) is 2. The first kappa shape index (κ1) is 35.7. The zero-order valence-electron chi connectivity index (χ0n) is 28.9. The van der Waals surface area contributed by atoms with Gasteiger partial charge < -0.3 is 10.2 Å². The second-order valence-corrected chi connectivity index (χ2v) is 13.0. The molecule has 8 rings (SSSR count). The third-order valence-corrected chi connectivity index (χ3v) is 9.92. The molecule has 15 heteroatoms. The molecule has 0 fully saturated rings. The van der Waals surface area contributed by atoms with E-state index in [1.54, 1.807) is 0 Å². The molecule has 2 aromatic heterocycles. The summed E-state index contributed by atoms with van der Waals surface area (Å²) in [7, 11) is 63.3. The maximum absolute atomic E-state index is 6.86. The number of nitrogens with zero attached hydrogens (tertiary/aromatic N) is 3. The number of aromatic nitrogens is 1. The van der Waals surface area contributed by atoms with Crippen molar-refractivity contribution in [2.24, 2.45) is 15.7 Å². The highest BCUT2D eigenvalue weighted by molar-refractivity contribution is 6.70. The van der Waals surface area contributed by atoms with Crippen LogP contribution in [0.1, 0.15) is 11.1 Å². The molecule has 0 unspecified atom stereocenters. The minimum Gasteiger partial charge on any atom is -0.456 e. The minimum absolute atomic E-state index is 0.0491. The minimum atomic E-state index is 0.0491. The van der Waals surface area contributed by atoms with Crippen LogP contribution in [0.15, 0.2) is 99.3 Å². The topological polar surface area (TPSA) is 68.8 Å². The van der Waals surface area contributed by atoms with E-state index in [1.165, 1.54) is 0 Å². The maximum Gasteiger partial charge on any atom is 0.207 e. The van der Waals surface area contributed by atoms with Crippen LogP contribution in [0.3, 0.4) is 0 Å². The normalized spacial score (nSPS) is 12.4. The van der Waals surface area contributed by atoms with E-state index >= 15 is 0 Å². The highest BCUT2D eigenvalue weighted by atomic mass is 16.3. The van der Waals surface area contributed by atoms with Gasteiger partial charge in [0.15, 0.2) is 5.84 Å². The highest BCUT2D eigenvalue weighted by Crippen LogP contribution is 2.34. The molecule has 0 amide bonds. The fraction of sp³-hybridized carbons (Fsp3) is 0.0256. The Morgan fingerprint density at radius 2 is 1.09 bits per heavy atom. The molecule has 0 aliphatic heterocycles. The lowest BCUT2D eigenvalue weighted by atomic mass is 9.59. The van der Waals surface area contributed by atoms with Crippen molar-refractivity contribution in [3.05, 3.63) is 96.1 Å². The van der Waals surface area contributed by atoms with Gasteiger partial charge in [0.2, 0.25) is 5.96 Å². The van der Waals surface area contributed by atoms with Crippen LogP contribution >= 0.6 is 0 Å². The van der Waals surface area contributed by atoms with Crippen molar-refractivity contribution in [1.29, 1.82) is 0 Å². The number of fused-ring (bicyclic) bond motifs is 6. The van der Waals surface area contributed by atoms with Crippen LogP contribution in [0.5, 0.6) is 0 Å². The predicted molar refractivity (Wildman–Crippen MR) is 236 cm³/mol. The number of nitrogens with two attached hydrogens (primary N) is 1. The molecule has 0 saturated carbocycles. The zero-order valence-corrected chi connectivity index (χ0v) is 28.9. The Morgan fingerprint density at radius 3 is 1.69 bits per heavy atom. The molecule has 0 aliphatic rings. The van der Waals surface area contributed by atoms with E-state index in [-0.39, 0.29) is 78.5 Å². The Labute approximate surface area is 325 Å². The Bertz CT molecular complexity index is 2840. The third kappa shape index (κ3) is 5.54. The van der Waals surface area contributed by atoms with Gasteiger partial charge in [-0.15, -0.1) is 32.8 Å². The Balaban J connectivity index is 1.33. The van der Waals surface area contributed by atoms with Crippen molar-refractivity contribution < 1.29 is 4.42 Å². The molecular weight excluding hydrogens is 649 g/mol. The van der Waals surface area contributed by atoms with Gasteiger partial charge in [-0.2, -0.15) is 4.99 Å². The summed E-state index contributed by atoms with van der Waals surface area (Å²) in [4.78, 5) is 9.86. The lowest BCUT2D eigenvalue weighted by Gasteiger charge is -2.21. The molecule has 6 aromatic carbocycles. The molecule has 0 spiro atoms. The van der Waals surface area contributed by atoms with Crippen LogP contribution < -0.4 is 60.4 Å². The first-order chi connectivity index (χ1) is 25.9. The molecule has 20 radical (unpaired) electrons. The zero-order chi connectivity index (χ0) is 38.2. The summed E-state index contributed by atoms with van der Waals surface area (Å²) >= 11 is 0. The first-order valence-electron chi connectivity index (χ1n) is 16.7. The summed E-state index contributed by atoms with van der Waals surface area (Å²) in [6, 6.07) is 27.0. The van der Waals surface area contributed by atoms with Gasteiger partial charge >= 0.3 is 0 Å². The van der Waals surface area contributed by atoms with E-state index in [0.717, 1.165) is 38.1 Å². The number of aliphatic imine (C=N–C) groups is 2. The second kappa shape index (κ2) is 13.5. The molecule has 2 heterocycles. The molecule has 0 saturated heterocycles. The van der Waals surface area contributed by atoms with Gasteiger partial charge in [-0.3, -0.25) is 9.56 Å². The van der Waals surface area contributed by atoms with Gasteiger partial charge in [-0.05, 0) is 47.0 Å². The number of para-hydroxylation sites is 2. The summed E-state index contributed by atoms with van der Waals surface area (Å²) in [5.74, 6) is 0.189. The van der Waals surface area contributed by atoms with E-state index < -0.39 is 0 Å². The standard InChI is InChI=1S/C39H18B10N4O/c40-28-26(29(41)33(45)36(48)32(28)44)16-12-13-23-20(14-16)25-17(6-5-11-24(25)54-23)15-51-38(27-30(42)34(46)37(49)35(47)31(27)43)52-39(50)53-21-9-3-1-7-18(21)19-8-2-4-10-22(19)53/h1-14H,15H2,(H2,50,51,52). The Morgan fingerprint density at radius 1 is 0.556 bits per heavy atom. The lowest BCUT2D eigenvalue weighted by Crippen LogP contribution is -2.57. The number of furan rings is 1. The molecule has 230 valence electrons. The summed E-state index contributed by atoms with van der Waals surface area (Å²) in [5.41, 5.74) is 13.0. The quantitative estimate of drug-likeness (QED) is 0.125. The summed E-state index contributed by atoms with van der Waals surface area (Å²) in [6.07, 6.45) is 0. The van der Waals surface area contributed by atoms with Crippen LogP contribution in [0.2, 0.25) is 0 Å². The van der Waals surface area contributed by atoms with Crippen molar-refractivity contribution in [3.8, 4) is 11.1 Å². The molecule has 8 aromatic rings. The number of amidine groups is 1. The van der Waals surface area contributed by atoms with E-state index in [1.807, 2.05) is 89.5 Å². The predicted octanol–water partition coefficient (Wildman–Crippen LogP) is -2.89. The van der Waals surface area contributed by atoms with Crippen molar-refractivity contribution in [2.45, 2.75) is 6.54 Å². The fourth-order valence-corrected chi connectivity index (χ4v) is 7.10. The molecule has 54 heavy (non-hydrogen) atoms. The average molecular weight is 667 g/mol. The molecule has 2 N–H and O–H groups in total. The van der Waals surface area contributed by atoms with Gasteiger partial charge in [0.1, 0.15) is 89.6 Å². The molecular formula is C39H18B10N4O. The van der Waals surface area contributed by atoms with Crippen molar-refractivity contribution >= 4 is 189 Å². The smallest absolute Gasteiger partial charge is 0.207 e. The van der Waals surface area contributed by atoms with Gasteiger partial charge in [0.05, 0.1) is 17.6 Å². The van der Waals surface area contributed by atoms with Crippen LogP contribution in [-0.2, 0) is 6.54 Å². The fourth-order valence-electron chi connectivity index (χ4n) is 7.10. The third-order valence-electron chi connectivity index (χ3n) is 9.92. The van der Waals surface area contributed by atoms with Gasteiger partial charge in [-0.25, -0.2) is 0 Å². The van der Waals surface area contributed by atoms with Crippen LogP contribution in [0, 0.1) is 0 Å². The molecule has 0 bridgehead atoms. The lowest BCUT2D eigenvalue weighted by molar-refractivity contribution is 0.668. The first-order valence-corrected chi connectivity index (χ1v) is 16.7.